The van der Waals surface area contributed by atoms with Crippen molar-refractivity contribution >= 4 is 35.4 Å². The maximum atomic E-state index is 15.1. The first-order valence-electron chi connectivity index (χ1n) is 12.3. The smallest absolute Gasteiger partial charge is 0.414 e. The highest BCUT2D eigenvalue weighted by Gasteiger charge is 2.34. The van der Waals surface area contributed by atoms with Crippen LogP contribution >= 0.6 is 0 Å². The van der Waals surface area contributed by atoms with Crippen LogP contribution in [-0.4, -0.2) is 72.4 Å². The van der Waals surface area contributed by atoms with E-state index in [0.29, 0.717) is 0 Å². The number of imidazole rings is 1. The van der Waals surface area contributed by atoms with Crippen molar-refractivity contribution in [3.05, 3.63) is 66.3 Å². The highest BCUT2D eigenvalue weighted by molar-refractivity contribution is 5.93. The number of carbonyl (C=O) groups is 4. The van der Waals surface area contributed by atoms with Gasteiger partial charge in [-0.3, -0.25) is 19.4 Å². The molecule has 0 spiro atoms. The number of nitrogens with zero attached hydrogens (tertiary/aromatic N) is 3. The van der Waals surface area contributed by atoms with Crippen LogP contribution in [-0.2, 0) is 14.3 Å². The lowest BCUT2D eigenvalue weighted by Crippen LogP contribution is -2.34. The van der Waals surface area contributed by atoms with Crippen LogP contribution in [0.2, 0.25) is 0 Å². The average Bonchev–Trinajstić information content (AvgIpc) is 3.67. The zero-order valence-electron chi connectivity index (χ0n) is 21.1. The molecule has 0 radical (unpaired) electrons. The zero-order chi connectivity index (χ0) is 28.4. The van der Waals surface area contributed by atoms with Crippen LogP contribution in [0.3, 0.4) is 0 Å². The van der Waals surface area contributed by atoms with E-state index < -0.39 is 41.9 Å². The van der Waals surface area contributed by atoms with Gasteiger partial charge in [0, 0.05) is 18.1 Å². The Labute approximate surface area is 226 Å². The van der Waals surface area contributed by atoms with Crippen LogP contribution in [0, 0.1) is 11.6 Å². The van der Waals surface area contributed by atoms with E-state index in [1.165, 1.54) is 53.5 Å². The second-order valence-electron chi connectivity index (χ2n) is 9.17. The van der Waals surface area contributed by atoms with Crippen LogP contribution in [0.1, 0.15) is 17.4 Å². The fourth-order valence-electron chi connectivity index (χ4n) is 4.40. The summed E-state index contributed by atoms with van der Waals surface area (Å²) in [7, 11) is 0. The number of rotatable bonds is 8. The number of benzene rings is 2. The first-order chi connectivity index (χ1) is 19.2. The van der Waals surface area contributed by atoms with Gasteiger partial charge in [-0.25, -0.2) is 23.4 Å². The van der Waals surface area contributed by atoms with Crippen molar-refractivity contribution in [2.75, 3.05) is 36.0 Å². The standard InChI is InChI=1S/C26H24F2N6O6/c1-14(35)30-8-17-11-33(25(37)39-17)15-2-4-19(21(27)6-15)20-5-3-16(7-22(20)28)34-12-18(40-26(34)38)9-31-24(36)23-10-29-13-32-23/h2-7,10,13,17-18H,8-9,11-12H2,1H3,(H,29,32)(H,30,35)(H,31,36)/t17-,18+/m1/s1. The molecule has 208 valence electrons. The Balaban J connectivity index is 1.24. The third-order valence-electron chi connectivity index (χ3n) is 6.38. The number of hydrogen-bond donors (Lipinski definition) is 3. The molecule has 0 aliphatic carbocycles. The molecule has 3 aromatic rings. The van der Waals surface area contributed by atoms with Crippen LogP contribution < -0.4 is 20.4 Å². The third kappa shape index (κ3) is 5.55. The number of aromatic amines is 1. The van der Waals surface area contributed by atoms with Crippen LogP contribution in [0.4, 0.5) is 29.7 Å². The van der Waals surface area contributed by atoms with E-state index in [-0.39, 0.29) is 60.3 Å². The van der Waals surface area contributed by atoms with Gasteiger partial charge in [0.05, 0.1) is 50.1 Å². The summed E-state index contributed by atoms with van der Waals surface area (Å²) in [5.41, 5.74) is 0.593. The molecule has 2 aliphatic rings. The van der Waals surface area contributed by atoms with E-state index in [1.54, 1.807) is 0 Å². The maximum Gasteiger partial charge on any atom is 0.414 e. The monoisotopic (exact) mass is 554 g/mol. The Morgan fingerprint density at radius 1 is 0.925 bits per heavy atom. The molecule has 3 heterocycles. The van der Waals surface area contributed by atoms with Crippen molar-refractivity contribution in [2.45, 2.75) is 19.1 Å². The number of H-pyrrole nitrogens is 1. The number of carbonyl (C=O) groups excluding carboxylic acids is 4. The van der Waals surface area contributed by atoms with Crippen molar-refractivity contribution in [3.8, 4) is 11.1 Å². The first-order valence-corrected chi connectivity index (χ1v) is 12.3. The molecule has 4 amide bonds. The molecule has 40 heavy (non-hydrogen) atoms. The van der Waals surface area contributed by atoms with Crippen molar-refractivity contribution < 1.29 is 37.4 Å². The molecule has 2 fully saturated rings. The Hall–Kier alpha value is -5.01. The van der Waals surface area contributed by atoms with E-state index in [4.69, 9.17) is 9.47 Å². The number of ether oxygens (including phenoxy) is 2. The first kappa shape index (κ1) is 26.6. The topological polar surface area (TPSA) is 146 Å². The molecule has 1 aromatic heterocycles. The van der Waals surface area contributed by atoms with Crippen molar-refractivity contribution in [1.82, 2.24) is 20.6 Å². The fourth-order valence-corrected chi connectivity index (χ4v) is 4.40. The number of anilines is 2. The molecule has 0 bridgehead atoms. The summed E-state index contributed by atoms with van der Waals surface area (Å²) in [5, 5.41) is 5.19. The van der Waals surface area contributed by atoms with Gasteiger partial charge in [-0.2, -0.15) is 0 Å². The van der Waals surface area contributed by atoms with Gasteiger partial charge in [0.2, 0.25) is 5.91 Å². The quantitative estimate of drug-likeness (QED) is 0.388. The van der Waals surface area contributed by atoms with Gasteiger partial charge in [0.25, 0.3) is 5.91 Å². The molecule has 2 aliphatic heterocycles. The number of nitrogens with one attached hydrogen (secondary N) is 3. The summed E-state index contributed by atoms with van der Waals surface area (Å²) in [6, 6.07) is 7.82. The third-order valence-corrected chi connectivity index (χ3v) is 6.38. The average molecular weight is 555 g/mol. The molecule has 0 saturated carbocycles. The fraction of sp³-hybridized carbons (Fsp3) is 0.269. The van der Waals surface area contributed by atoms with Crippen LogP contribution in [0.5, 0.6) is 0 Å². The molecule has 2 atom stereocenters. The Morgan fingerprint density at radius 3 is 1.90 bits per heavy atom. The summed E-state index contributed by atoms with van der Waals surface area (Å²) in [5.74, 6) is -2.23. The predicted octanol–water partition coefficient (Wildman–Crippen LogP) is 2.57. The SMILES string of the molecule is CC(=O)NC[C@@H]1CN(c2ccc(-c3ccc(N4C[C@H](CNC(=O)c5cnc[nH]5)OC4=O)cc3F)c(F)c2)C(=O)O1. The Morgan fingerprint density at radius 2 is 1.45 bits per heavy atom. The molecule has 0 unspecified atom stereocenters. The number of cyclic esters (lactones) is 2. The van der Waals surface area contributed by atoms with Crippen molar-refractivity contribution in [3.63, 3.8) is 0 Å². The van der Waals surface area contributed by atoms with Crippen molar-refractivity contribution in [1.29, 1.82) is 0 Å². The minimum absolute atomic E-state index is 0.0385. The highest BCUT2D eigenvalue weighted by Crippen LogP contribution is 2.33. The molecule has 12 nitrogen and oxygen atoms in total. The lowest BCUT2D eigenvalue weighted by molar-refractivity contribution is -0.119. The molecular formula is C26H24F2N6O6. The predicted molar refractivity (Wildman–Crippen MR) is 137 cm³/mol. The van der Waals surface area contributed by atoms with Gasteiger partial charge in [0.1, 0.15) is 29.5 Å². The number of hydrogen-bond acceptors (Lipinski definition) is 7. The molecular weight excluding hydrogens is 530 g/mol. The van der Waals surface area contributed by atoms with Crippen molar-refractivity contribution in [2.24, 2.45) is 0 Å². The molecule has 3 N–H and O–H groups in total. The van der Waals surface area contributed by atoms with E-state index in [2.05, 4.69) is 20.6 Å². The Bertz CT molecular complexity index is 1470. The Kier molecular flexibility index (Phi) is 7.31. The lowest BCUT2D eigenvalue weighted by Gasteiger charge is -2.16. The van der Waals surface area contributed by atoms with Gasteiger partial charge in [-0.15, -0.1) is 0 Å². The minimum Gasteiger partial charge on any atom is -0.442 e. The summed E-state index contributed by atoms with van der Waals surface area (Å²) >= 11 is 0. The van der Waals surface area contributed by atoms with E-state index in [9.17, 15) is 19.2 Å². The van der Waals surface area contributed by atoms with Gasteiger partial charge in [-0.05, 0) is 36.4 Å². The van der Waals surface area contributed by atoms with Gasteiger partial charge >= 0.3 is 12.2 Å². The lowest BCUT2D eigenvalue weighted by atomic mass is 10.0. The number of halogens is 2. The minimum atomic E-state index is -0.774. The summed E-state index contributed by atoms with van der Waals surface area (Å²) in [6.45, 7) is 1.69. The van der Waals surface area contributed by atoms with Gasteiger partial charge in [-0.1, -0.05) is 0 Å². The van der Waals surface area contributed by atoms with E-state index in [1.807, 2.05) is 0 Å². The highest BCUT2D eigenvalue weighted by atomic mass is 19.1. The second kappa shape index (κ2) is 11.0. The summed E-state index contributed by atoms with van der Waals surface area (Å²) in [4.78, 5) is 56.7. The number of amides is 4. The van der Waals surface area contributed by atoms with E-state index >= 15 is 8.78 Å². The molecule has 5 rings (SSSR count). The maximum absolute atomic E-state index is 15.1. The second-order valence-corrected chi connectivity index (χ2v) is 9.17. The largest absolute Gasteiger partial charge is 0.442 e. The van der Waals surface area contributed by atoms with Gasteiger partial charge < -0.3 is 25.1 Å². The molecule has 14 heteroatoms. The summed E-state index contributed by atoms with van der Waals surface area (Å²) < 4.78 is 40.7. The van der Waals surface area contributed by atoms with Gasteiger partial charge in [0.15, 0.2) is 0 Å². The molecule has 2 aromatic carbocycles. The zero-order valence-corrected chi connectivity index (χ0v) is 21.1. The van der Waals surface area contributed by atoms with E-state index in [0.717, 1.165) is 12.1 Å². The molecule has 2 saturated heterocycles. The normalized spacial score (nSPS) is 18.5. The van der Waals surface area contributed by atoms with Crippen LogP contribution in [0.25, 0.3) is 11.1 Å². The number of aromatic nitrogens is 2. The van der Waals surface area contributed by atoms with Crippen LogP contribution in [0.15, 0.2) is 48.9 Å². The summed E-state index contributed by atoms with van der Waals surface area (Å²) in [6.07, 6.45) is 0.0681.